The number of ketones is 1. The van der Waals surface area contributed by atoms with Crippen molar-refractivity contribution in [1.29, 1.82) is 0 Å². The van der Waals surface area contributed by atoms with E-state index in [9.17, 15) is 14.4 Å². The minimum Gasteiger partial charge on any atom is -0.346 e. The van der Waals surface area contributed by atoms with Gasteiger partial charge in [-0.15, -0.1) is 0 Å². The topological polar surface area (TPSA) is 128 Å². The summed E-state index contributed by atoms with van der Waals surface area (Å²) in [6.07, 6.45) is 1.24. The Morgan fingerprint density at radius 3 is 2.88 bits per heavy atom. The highest BCUT2D eigenvalue weighted by Gasteiger charge is 2.44. The Balaban J connectivity index is 1.82. The van der Waals surface area contributed by atoms with Crippen LogP contribution in [0.25, 0.3) is 11.2 Å². The van der Waals surface area contributed by atoms with Gasteiger partial charge in [-0.3, -0.25) is 29.3 Å². The van der Waals surface area contributed by atoms with Crippen molar-refractivity contribution in [1.82, 2.24) is 19.5 Å². The van der Waals surface area contributed by atoms with Crippen molar-refractivity contribution < 1.29 is 19.1 Å². The van der Waals surface area contributed by atoms with Gasteiger partial charge < -0.3 is 9.47 Å². The van der Waals surface area contributed by atoms with E-state index in [-0.39, 0.29) is 34.7 Å². The molecule has 10 heteroatoms. The van der Waals surface area contributed by atoms with Gasteiger partial charge in [0, 0.05) is 5.92 Å². The summed E-state index contributed by atoms with van der Waals surface area (Å²) in [6, 6.07) is 0. The molecule has 26 heavy (non-hydrogen) atoms. The number of Topliss-reactive ketones (excluding diaryl/α,β-unsaturated/α-hetero) is 1. The Labute approximate surface area is 148 Å². The van der Waals surface area contributed by atoms with Gasteiger partial charge in [0.1, 0.15) is 0 Å². The molecular formula is C16H21N5O5. The Kier molecular flexibility index (Phi) is 5.14. The number of nitrogens with one attached hydrogen (secondary N) is 2. The third-order valence-corrected chi connectivity index (χ3v) is 3.95. The number of carbonyl (C=O) groups excluding carboxylic acids is 2. The van der Waals surface area contributed by atoms with Gasteiger partial charge in [0.05, 0.1) is 12.9 Å². The van der Waals surface area contributed by atoms with Crippen LogP contribution in [0.2, 0.25) is 0 Å². The fraction of sp³-hybridized carbons (Fsp3) is 0.562. The molecule has 0 aromatic carbocycles. The van der Waals surface area contributed by atoms with Crippen molar-refractivity contribution in [2.45, 2.75) is 46.1 Å². The van der Waals surface area contributed by atoms with Crippen LogP contribution in [0.3, 0.4) is 0 Å². The third-order valence-electron chi connectivity index (χ3n) is 3.95. The van der Waals surface area contributed by atoms with E-state index >= 15 is 0 Å². The van der Waals surface area contributed by atoms with E-state index in [1.165, 1.54) is 10.9 Å². The minimum atomic E-state index is -0.949. The molecule has 2 atom stereocenters. The zero-order valence-electron chi connectivity index (χ0n) is 14.8. The number of anilines is 1. The lowest BCUT2D eigenvalue weighted by molar-refractivity contribution is -0.248. The van der Waals surface area contributed by atoms with Crippen molar-refractivity contribution in [3.8, 4) is 0 Å². The number of H-pyrrole nitrogens is 1. The van der Waals surface area contributed by atoms with Gasteiger partial charge in [0.15, 0.2) is 11.2 Å². The molecule has 0 radical (unpaired) electrons. The zero-order valence-corrected chi connectivity index (χ0v) is 14.8. The molecule has 1 fully saturated rings. The molecule has 3 heterocycles. The number of amides is 1. The fourth-order valence-electron chi connectivity index (χ4n) is 2.37. The van der Waals surface area contributed by atoms with Crippen LogP contribution in [-0.4, -0.2) is 44.1 Å². The largest absolute Gasteiger partial charge is 0.346 e. The number of aromatic amines is 1. The summed E-state index contributed by atoms with van der Waals surface area (Å²) in [6.45, 7) is 5.89. The van der Waals surface area contributed by atoms with Crippen molar-refractivity contribution >= 4 is 28.8 Å². The average molecular weight is 363 g/mol. The van der Waals surface area contributed by atoms with E-state index in [0.29, 0.717) is 6.61 Å². The molecule has 1 aliphatic rings. The van der Waals surface area contributed by atoms with Gasteiger partial charge in [0.25, 0.3) is 5.56 Å². The smallest absolute Gasteiger partial charge is 0.280 e. The van der Waals surface area contributed by atoms with Gasteiger partial charge in [-0.25, -0.2) is 4.98 Å². The molecule has 1 aliphatic heterocycles. The maximum atomic E-state index is 12.3. The molecule has 1 unspecified atom stereocenters. The molecule has 0 aliphatic carbocycles. The normalized spacial score (nSPS) is 19.8. The summed E-state index contributed by atoms with van der Waals surface area (Å²) in [5.74, 6) is -0.849. The molecular weight excluding hydrogens is 342 g/mol. The lowest BCUT2D eigenvalue weighted by Crippen LogP contribution is -2.48. The first-order valence-electron chi connectivity index (χ1n) is 8.51. The summed E-state index contributed by atoms with van der Waals surface area (Å²) in [5, 5.41) is 2.52. The first-order chi connectivity index (χ1) is 12.4. The second-order valence-corrected chi connectivity index (χ2v) is 6.33. The molecule has 1 saturated heterocycles. The maximum Gasteiger partial charge on any atom is 0.280 e. The average Bonchev–Trinajstić information content (AvgIpc) is 3.00. The Bertz CT molecular complexity index is 887. The number of carbonyl (C=O) groups is 2. The number of nitrogens with zero attached hydrogens (tertiary/aromatic N) is 3. The number of rotatable bonds is 7. The van der Waals surface area contributed by atoms with Crippen LogP contribution in [0.15, 0.2) is 11.1 Å². The maximum absolute atomic E-state index is 12.3. The van der Waals surface area contributed by atoms with Gasteiger partial charge in [-0.1, -0.05) is 27.2 Å². The third kappa shape index (κ3) is 3.37. The number of hydrogen-bond acceptors (Lipinski definition) is 7. The van der Waals surface area contributed by atoms with Crippen LogP contribution < -0.4 is 10.9 Å². The van der Waals surface area contributed by atoms with Crippen LogP contribution in [0, 0.1) is 5.92 Å². The number of hydrogen-bond donors (Lipinski definition) is 2. The van der Waals surface area contributed by atoms with E-state index in [1.54, 1.807) is 13.8 Å². The van der Waals surface area contributed by atoms with Crippen LogP contribution in [-0.2, 0) is 19.1 Å². The molecule has 140 valence electrons. The Morgan fingerprint density at radius 1 is 1.46 bits per heavy atom. The predicted octanol–water partition coefficient (Wildman–Crippen LogP) is 0.955. The standard InChI is InChI=1S/C16H21N5O5/c1-4-5-6-25-15-10(22)14(26-15)21-7-17-9-11(21)18-16(20-13(9)24)19-12(23)8(2)3/h7-8,14-15H,4-6H2,1-3H3,(H2,18,19,20,23,24)/t14-,15?/m1/s1. The van der Waals surface area contributed by atoms with E-state index in [4.69, 9.17) is 9.47 Å². The highest BCUT2D eigenvalue weighted by Crippen LogP contribution is 2.29. The summed E-state index contributed by atoms with van der Waals surface area (Å²) in [4.78, 5) is 46.8. The van der Waals surface area contributed by atoms with Crippen molar-refractivity contribution in [3.63, 3.8) is 0 Å². The number of aromatic nitrogens is 4. The van der Waals surface area contributed by atoms with Crippen LogP contribution >= 0.6 is 0 Å². The van der Waals surface area contributed by atoms with E-state index < -0.39 is 18.1 Å². The fourth-order valence-corrected chi connectivity index (χ4v) is 2.37. The first kappa shape index (κ1) is 18.2. The minimum absolute atomic E-state index is 0.00883. The summed E-state index contributed by atoms with van der Waals surface area (Å²) in [5.41, 5.74) is -0.312. The van der Waals surface area contributed by atoms with Crippen molar-refractivity contribution in [2.75, 3.05) is 11.9 Å². The summed E-state index contributed by atoms with van der Waals surface area (Å²) >= 11 is 0. The van der Waals surface area contributed by atoms with Gasteiger partial charge in [-0.05, 0) is 6.42 Å². The Hall–Kier alpha value is -2.59. The van der Waals surface area contributed by atoms with E-state index in [0.717, 1.165) is 12.8 Å². The molecule has 2 aromatic rings. The molecule has 2 aromatic heterocycles. The van der Waals surface area contributed by atoms with E-state index in [2.05, 4.69) is 20.3 Å². The van der Waals surface area contributed by atoms with Gasteiger partial charge >= 0.3 is 0 Å². The molecule has 1 amide bonds. The second kappa shape index (κ2) is 7.34. The van der Waals surface area contributed by atoms with Crippen molar-refractivity contribution in [2.24, 2.45) is 5.92 Å². The van der Waals surface area contributed by atoms with Gasteiger partial charge in [-0.2, -0.15) is 4.98 Å². The molecule has 10 nitrogen and oxygen atoms in total. The van der Waals surface area contributed by atoms with Gasteiger partial charge in [0.2, 0.25) is 30.2 Å². The number of imidazole rings is 1. The number of fused-ring (bicyclic) bond motifs is 1. The number of unbranched alkanes of at least 4 members (excludes halogenated alkanes) is 1. The summed E-state index contributed by atoms with van der Waals surface area (Å²) < 4.78 is 12.2. The van der Waals surface area contributed by atoms with Crippen molar-refractivity contribution in [3.05, 3.63) is 16.7 Å². The first-order valence-corrected chi connectivity index (χ1v) is 8.51. The highest BCUT2D eigenvalue weighted by molar-refractivity contribution is 5.92. The SMILES string of the molecule is CCCCOC1O[C@@H](n2cnc3c(=O)[nH]c(NC(=O)C(C)C)nc32)C1=O. The highest BCUT2D eigenvalue weighted by atomic mass is 16.7. The molecule has 3 rings (SSSR count). The summed E-state index contributed by atoms with van der Waals surface area (Å²) in [7, 11) is 0. The second-order valence-electron chi connectivity index (χ2n) is 6.33. The molecule has 0 bridgehead atoms. The molecule has 0 spiro atoms. The predicted molar refractivity (Wildman–Crippen MR) is 91.4 cm³/mol. The zero-order chi connectivity index (χ0) is 18.8. The Morgan fingerprint density at radius 2 is 2.23 bits per heavy atom. The number of ether oxygens (including phenoxy) is 2. The monoisotopic (exact) mass is 363 g/mol. The van der Waals surface area contributed by atoms with Crippen LogP contribution in [0.1, 0.15) is 39.8 Å². The quantitative estimate of drug-likeness (QED) is 0.701. The lowest BCUT2D eigenvalue weighted by Gasteiger charge is -2.34. The molecule has 0 saturated carbocycles. The van der Waals surface area contributed by atoms with Crippen LogP contribution in [0.4, 0.5) is 5.95 Å². The molecule has 2 N–H and O–H groups in total. The lowest BCUT2D eigenvalue weighted by atomic mass is 10.2. The van der Waals surface area contributed by atoms with E-state index in [1.807, 2.05) is 6.92 Å². The van der Waals surface area contributed by atoms with Crippen LogP contribution in [0.5, 0.6) is 0 Å².